The van der Waals surface area contributed by atoms with Crippen LogP contribution in [0.25, 0.3) is 0 Å². The van der Waals surface area contributed by atoms with Gasteiger partial charge in [0, 0.05) is 18.8 Å². The van der Waals surface area contributed by atoms with E-state index >= 15 is 0 Å². The second-order valence-electron chi connectivity index (χ2n) is 3.90. The SMILES string of the molecule is CCCCOCc1nn(C(C)C)cc1I. The zero-order valence-electron chi connectivity index (χ0n) is 9.66. The Morgan fingerprint density at radius 1 is 1.53 bits per heavy atom. The van der Waals surface area contributed by atoms with Crippen molar-refractivity contribution >= 4 is 22.6 Å². The molecule has 1 rings (SSSR count). The lowest BCUT2D eigenvalue weighted by Crippen LogP contribution is -2.03. The highest BCUT2D eigenvalue weighted by Gasteiger charge is 2.07. The molecule has 1 aromatic heterocycles. The van der Waals surface area contributed by atoms with Gasteiger partial charge in [-0.25, -0.2) is 0 Å². The van der Waals surface area contributed by atoms with E-state index in [0.29, 0.717) is 12.6 Å². The molecule has 0 saturated heterocycles. The van der Waals surface area contributed by atoms with Crippen LogP contribution in [0.3, 0.4) is 0 Å². The minimum atomic E-state index is 0.419. The predicted molar refractivity (Wildman–Crippen MR) is 69.9 cm³/mol. The highest BCUT2D eigenvalue weighted by molar-refractivity contribution is 14.1. The molecule has 15 heavy (non-hydrogen) atoms. The maximum absolute atomic E-state index is 5.55. The van der Waals surface area contributed by atoms with Crippen LogP contribution in [0.5, 0.6) is 0 Å². The molecule has 4 heteroatoms. The van der Waals surface area contributed by atoms with Crippen molar-refractivity contribution in [1.29, 1.82) is 0 Å². The van der Waals surface area contributed by atoms with E-state index in [0.717, 1.165) is 18.7 Å². The van der Waals surface area contributed by atoms with E-state index in [2.05, 4.69) is 54.7 Å². The first-order valence-corrected chi connectivity index (χ1v) is 6.54. The highest BCUT2D eigenvalue weighted by Crippen LogP contribution is 2.14. The van der Waals surface area contributed by atoms with Gasteiger partial charge < -0.3 is 4.74 Å². The van der Waals surface area contributed by atoms with Crippen LogP contribution in [0, 0.1) is 3.57 Å². The fourth-order valence-electron chi connectivity index (χ4n) is 1.18. The molecule has 0 aromatic carbocycles. The van der Waals surface area contributed by atoms with Crippen molar-refractivity contribution in [1.82, 2.24) is 9.78 Å². The first-order valence-electron chi connectivity index (χ1n) is 5.46. The van der Waals surface area contributed by atoms with Gasteiger partial charge in [0.2, 0.25) is 0 Å². The molecule has 0 N–H and O–H groups in total. The Morgan fingerprint density at radius 3 is 2.80 bits per heavy atom. The van der Waals surface area contributed by atoms with Crippen LogP contribution in [0.15, 0.2) is 6.20 Å². The van der Waals surface area contributed by atoms with Crippen LogP contribution in [0.4, 0.5) is 0 Å². The summed E-state index contributed by atoms with van der Waals surface area (Å²) in [5.74, 6) is 0. The second-order valence-corrected chi connectivity index (χ2v) is 5.07. The van der Waals surface area contributed by atoms with E-state index in [1.165, 1.54) is 9.99 Å². The number of hydrogen-bond acceptors (Lipinski definition) is 2. The van der Waals surface area contributed by atoms with E-state index in [1.807, 2.05) is 4.68 Å². The van der Waals surface area contributed by atoms with Crippen LogP contribution in [-0.2, 0) is 11.3 Å². The normalized spacial score (nSPS) is 11.3. The smallest absolute Gasteiger partial charge is 0.101 e. The van der Waals surface area contributed by atoms with Crippen LogP contribution in [-0.4, -0.2) is 16.4 Å². The average molecular weight is 322 g/mol. The van der Waals surface area contributed by atoms with Crippen molar-refractivity contribution in [3.05, 3.63) is 15.5 Å². The lowest BCUT2D eigenvalue weighted by Gasteiger charge is -2.04. The Morgan fingerprint density at radius 2 is 2.27 bits per heavy atom. The summed E-state index contributed by atoms with van der Waals surface area (Å²) in [7, 11) is 0. The largest absolute Gasteiger partial charge is 0.375 e. The molecule has 1 aromatic rings. The minimum Gasteiger partial charge on any atom is -0.375 e. The second kappa shape index (κ2) is 6.48. The summed E-state index contributed by atoms with van der Waals surface area (Å²) in [6.45, 7) is 7.90. The van der Waals surface area contributed by atoms with Crippen molar-refractivity contribution in [3.8, 4) is 0 Å². The zero-order chi connectivity index (χ0) is 11.3. The molecular weight excluding hydrogens is 303 g/mol. The van der Waals surface area contributed by atoms with E-state index < -0.39 is 0 Å². The first-order chi connectivity index (χ1) is 7.15. The molecular formula is C11H19IN2O. The van der Waals surface area contributed by atoms with Gasteiger partial charge in [0.15, 0.2) is 0 Å². The average Bonchev–Trinajstić information content (AvgIpc) is 2.55. The van der Waals surface area contributed by atoms with Crippen LogP contribution in [0.1, 0.15) is 45.3 Å². The number of aromatic nitrogens is 2. The summed E-state index contributed by atoms with van der Waals surface area (Å²) < 4.78 is 8.73. The Labute approximate surface area is 105 Å². The number of nitrogens with zero attached hydrogens (tertiary/aromatic N) is 2. The molecule has 0 amide bonds. The van der Waals surface area contributed by atoms with Gasteiger partial charge >= 0.3 is 0 Å². The van der Waals surface area contributed by atoms with E-state index in [4.69, 9.17) is 4.74 Å². The number of unbranched alkanes of at least 4 members (excludes halogenated alkanes) is 1. The van der Waals surface area contributed by atoms with E-state index in [9.17, 15) is 0 Å². The Bertz CT molecular complexity index is 297. The molecule has 0 bridgehead atoms. The maximum Gasteiger partial charge on any atom is 0.101 e. The van der Waals surface area contributed by atoms with Crippen molar-refractivity contribution in [2.75, 3.05) is 6.61 Å². The number of ether oxygens (including phenoxy) is 1. The van der Waals surface area contributed by atoms with E-state index in [-0.39, 0.29) is 0 Å². The summed E-state index contributed by atoms with van der Waals surface area (Å²) in [6.07, 6.45) is 4.38. The zero-order valence-corrected chi connectivity index (χ0v) is 11.8. The van der Waals surface area contributed by atoms with Crippen molar-refractivity contribution in [2.24, 2.45) is 0 Å². The van der Waals surface area contributed by atoms with Gasteiger partial charge in [-0.3, -0.25) is 4.68 Å². The van der Waals surface area contributed by atoms with Crippen molar-refractivity contribution < 1.29 is 4.74 Å². The fourth-order valence-corrected chi connectivity index (χ4v) is 1.73. The molecule has 0 aliphatic rings. The molecule has 0 spiro atoms. The highest BCUT2D eigenvalue weighted by atomic mass is 127. The van der Waals surface area contributed by atoms with Crippen LogP contribution in [0.2, 0.25) is 0 Å². The number of rotatable bonds is 6. The lowest BCUT2D eigenvalue weighted by molar-refractivity contribution is 0.114. The molecule has 86 valence electrons. The monoisotopic (exact) mass is 322 g/mol. The van der Waals surface area contributed by atoms with E-state index in [1.54, 1.807) is 0 Å². The Kier molecular flexibility index (Phi) is 5.60. The molecule has 3 nitrogen and oxygen atoms in total. The molecule has 0 fully saturated rings. The fraction of sp³-hybridized carbons (Fsp3) is 0.727. The molecule has 0 unspecified atom stereocenters. The number of hydrogen-bond donors (Lipinski definition) is 0. The molecule has 0 radical (unpaired) electrons. The third-order valence-electron chi connectivity index (χ3n) is 2.17. The van der Waals surface area contributed by atoms with Gasteiger partial charge in [0.25, 0.3) is 0 Å². The summed E-state index contributed by atoms with van der Waals surface area (Å²) in [5.41, 5.74) is 1.06. The topological polar surface area (TPSA) is 27.1 Å². The summed E-state index contributed by atoms with van der Waals surface area (Å²) in [5, 5.41) is 4.49. The number of halogens is 1. The van der Waals surface area contributed by atoms with Crippen LogP contribution >= 0.6 is 22.6 Å². The molecule has 0 aliphatic carbocycles. The Balaban J connectivity index is 2.46. The van der Waals surface area contributed by atoms with Gasteiger partial charge in [-0.1, -0.05) is 13.3 Å². The van der Waals surface area contributed by atoms with Gasteiger partial charge in [0.1, 0.15) is 5.69 Å². The summed E-state index contributed by atoms with van der Waals surface area (Å²) in [4.78, 5) is 0. The van der Waals surface area contributed by atoms with Gasteiger partial charge in [-0.2, -0.15) is 5.10 Å². The third kappa shape index (κ3) is 4.10. The van der Waals surface area contributed by atoms with Crippen molar-refractivity contribution in [2.45, 2.75) is 46.3 Å². The van der Waals surface area contributed by atoms with Gasteiger partial charge in [-0.05, 0) is 42.9 Å². The lowest BCUT2D eigenvalue weighted by atomic mass is 10.4. The summed E-state index contributed by atoms with van der Waals surface area (Å²) in [6, 6.07) is 0.419. The van der Waals surface area contributed by atoms with Gasteiger partial charge in [0.05, 0.1) is 10.2 Å². The van der Waals surface area contributed by atoms with Crippen LogP contribution < -0.4 is 0 Å². The third-order valence-corrected chi connectivity index (χ3v) is 3.07. The molecule has 0 aliphatic heterocycles. The maximum atomic E-state index is 5.55. The first kappa shape index (κ1) is 13.0. The minimum absolute atomic E-state index is 0.419. The standard InChI is InChI=1S/C11H19IN2O/c1-4-5-6-15-8-11-10(12)7-14(13-11)9(2)3/h7,9H,4-6,8H2,1-3H3. The van der Waals surface area contributed by atoms with Crippen molar-refractivity contribution in [3.63, 3.8) is 0 Å². The predicted octanol–water partition coefficient (Wildman–Crippen LogP) is 3.39. The summed E-state index contributed by atoms with van der Waals surface area (Å²) >= 11 is 2.31. The van der Waals surface area contributed by atoms with Gasteiger partial charge in [-0.15, -0.1) is 0 Å². The molecule has 1 heterocycles. The Hall–Kier alpha value is -0.100. The molecule has 0 atom stereocenters. The molecule has 0 saturated carbocycles. The quantitative estimate of drug-likeness (QED) is 0.593.